The summed E-state index contributed by atoms with van der Waals surface area (Å²) in [7, 11) is 3.71. The quantitative estimate of drug-likeness (QED) is 0.120. The summed E-state index contributed by atoms with van der Waals surface area (Å²) in [6, 6.07) is 30.8. The van der Waals surface area contributed by atoms with Crippen LogP contribution in [0.1, 0.15) is 91.2 Å². The van der Waals surface area contributed by atoms with E-state index in [1.54, 1.807) is 61.3 Å². The van der Waals surface area contributed by atoms with Crippen LogP contribution in [-0.2, 0) is 33.5 Å². The SMILES string of the molecule is CN1CCCCC(CC2CC2)(c2cccc(Oc3cc(Cn4ccnc4)ccc3C#N)c2)C1=O.CN1CCCCC(CO)(c2cccc(Oc3cc(Cn4ccnc4)ccc3C#N)c2)C1=O. The van der Waals surface area contributed by atoms with E-state index in [0.29, 0.717) is 66.1 Å². The lowest BCUT2D eigenvalue weighted by Gasteiger charge is -2.35. The van der Waals surface area contributed by atoms with Crippen LogP contribution >= 0.6 is 0 Å². The zero-order valence-corrected chi connectivity index (χ0v) is 37.7. The van der Waals surface area contributed by atoms with Crippen LogP contribution in [0.4, 0.5) is 0 Å². The highest BCUT2D eigenvalue weighted by Gasteiger charge is 2.47. The van der Waals surface area contributed by atoms with Gasteiger partial charge in [0.2, 0.25) is 11.8 Å². The van der Waals surface area contributed by atoms with Gasteiger partial charge in [0.15, 0.2) is 0 Å². The van der Waals surface area contributed by atoms with Crippen molar-refractivity contribution in [1.82, 2.24) is 28.9 Å². The second-order valence-electron chi connectivity index (χ2n) is 18.0. The molecule has 1 N–H and O–H groups in total. The maximum atomic E-state index is 13.6. The number of imidazole rings is 2. The lowest BCUT2D eigenvalue weighted by atomic mass is 9.72. The first-order valence-corrected chi connectivity index (χ1v) is 22.8. The second-order valence-corrected chi connectivity index (χ2v) is 18.0. The Kier molecular flexibility index (Phi) is 14.0. The van der Waals surface area contributed by atoms with Crippen molar-refractivity contribution in [2.75, 3.05) is 33.8 Å². The van der Waals surface area contributed by atoms with Gasteiger partial charge in [-0.25, -0.2) is 9.97 Å². The zero-order valence-electron chi connectivity index (χ0n) is 37.7. The van der Waals surface area contributed by atoms with Gasteiger partial charge >= 0.3 is 0 Å². The van der Waals surface area contributed by atoms with E-state index in [1.165, 1.54) is 12.8 Å². The first kappa shape index (κ1) is 45.4. The van der Waals surface area contributed by atoms with Crippen LogP contribution in [0.25, 0.3) is 0 Å². The maximum Gasteiger partial charge on any atom is 0.235 e. The largest absolute Gasteiger partial charge is 0.456 e. The van der Waals surface area contributed by atoms with Gasteiger partial charge in [0, 0.05) is 65.1 Å². The minimum Gasteiger partial charge on any atom is -0.456 e. The van der Waals surface area contributed by atoms with E-state index < -0.39 is 10.8 Å². The van der Waals surface area contributed by atoms with Crippen molar-refractivity contribution in [3.8, 4) is 35.1 Å². The average Bonchev–Trinajstić information content (AvgIpc) is 3.82. The third-order valence-corrected chi connectivity index (χ3v) is 13.2. The Labute approximate surface area is 386 Å². The number of ether oxygens (including phenoxy) is 2. The summed E-state index contributed by atoms with van der Waals surface area (Å²) in [5.41, 5.74) is 3.19. The molecule has 0 radical (unpaired) electrons. The third kappa shape index (κ3) is 10.2. The predicted octanol–water partition coefficient (Wildman–Crippen LogP) is 8.74. The molecule has 6 aromatic rings. The van der Waals surface area contributed by atoms with E-state index in [2.05, 4.69) is 28.2 Å². The normalized spacial score (nSPS) is 19.7. The van der Waals surface area contributed by atoms with Gasteiger partial charge in [-0.2, -0.15) is 10.5 Å². The number of aromatic nitrogens is 4. The molecule has 66 heavy (non-hydrogen) atoms. The minimum absolute atomic E-state index is 0.0744. The monoisotopic (exact) mass is 884 g/mol. The minimum atomic E-state index is -0.980. The predicted molar refractivity (Wildman–Crippen MR) is 249 cm³/mol. The molecule has 2 amide bonds. The third-order valence-electron chi connectivity index (χ3n) is 13.2. The highest BCUT2D eigenvalue weighted by Crippen LogP contribution is 2.47. The molecule has 13 nitrogen and oxygen atoms in total. The van der Waals surface area contributed by atoms with Crippen LogP contribution in [0.2, 0.25) is 0 Å². The van der Waals surface area contributed by atoms with Crippen LogP contribution in [0.5, 0.6) is 23.0 Å². The van der Waals surface area contributed by atoms with Crippen molar-refractivity contribution < 1.29 is 24.2 Å². The summed E-state index contributed by atoms with van der Waals surface area (Å²) in [5.74, 6) is 2.94. The lowest BCUT2D eigenvalue weighted by molar-refractivity contribution is -0.137. The molecule has 2 saturated heterocycles. The number of benzene rings is 4. The molecule has 1 saturated carbocycles. The van der Waals surface area contributed by atoms with Crippen molar-refractivity contribution in [1.29, 1.82) is 10.5 Å². The second kappa shape index (κ2) is 20.3. The number of aliphatic hydroxyl groups is 1. The molecule has 4 aromatic carbocycles. The standard InChI is InChI=1S/C28H30N4O2.C25H26N4O3/c1-31-13-3-2-11-28(27(31)33,17-21-7-8-21)24-5-4-6-25(16-24)34-26-15-22(9-10-23(26)18-29)19-32-14-12-30-20-32;1-28-11-3-2-9-25(17-30,24(28)31)21-5-4-6-22(14-21)32-23-13-19(7-8-20(23)15-26)16-29-12-10-27-18-29/h4-6,9-10,12,14-16,20-21H,2-3,7-8,11,13,17,19H2,1H3;4-8,10,12-14,18,30H,2-3,9,11,16-17H2,1H3. The number of carbonyl (C=O) groups is 2. The summed E-state index contributed by atoms with van der Waals surface area (Å²) < 4.78 is 16.3. The Hall–Kier alpha value is -7.22. The Morgan fingerprint density at radius 3 is 1.61 bits per heavy atom. The van der Waals surface area contributed by atoms with Gasteiger partial charge in [-0.15, -0.1) is 0 Å². The van der Waals surface area contributed by atoms with Crippen molar-refractivity contribution in [3.63, 3.8) is 0 Å². The molecule has 3 fully saturated rings. The molecule has 2 atom stereocenters. The summed E-state index contributed by atoms with van der Waals surface area (Å²) in [5, 5.41) is 29.5. The number of rotatable bonds is 13. The fourth-order valence-corrected chi connectivity index (χ4v) is 9.43. The summed E-state index contributed by atoms with van der Waals surface area (Å²) in [6.45, 7) is 2.50. The Bertz CT molecular complexity index is 2720. The van der Waals surface area contributed by atoms with Gasteiger partial charge in [-0.05, 0) is 109 Å². The van der Waals surface area contributed by atoms with Crippen LogP contribution < -0.4 is 9.47 Å². The molecular weight excluding hydrogens is 829 g/mol. The first-order valence-electron chi connectivity index (χ1n) is 22.8. The van der Waals surface area contributed by atoms with E-state index in [1.807, 2.05) is 88.1 Å². The first-order chi connectivity index (χ1) is 32.1. The smallest absolute Gasteiger partial charge is 0.235 e. The molecular formula is C53H56N8O5. The molecule has 1 aliphatic carbocycles. The Balaban J connectivity index is 0.000000180. The van der Waals surface area contributed by atoms with Gasteiger partial charge in [0.25, 0.3) is 0 Å². The van der Waals surface area contributed by atoms with Gasteiger partial charge in [0.05, 0.1) is 41.2 Å². The molecule has 13 heteroatoms. The molecule has 3 aliphatic rings. The molecule has 2 aromatic heterocycles. The van der Waals surface area contributed by atoms with E-state index in [0.717, 1.165) is 67.3 Å². The van der Waals surface area contributed by atoms with Crippen LogP contribution in [0.3, 0.4) is 0 Å². The van der Waals surface area contributed by atoms with E-state index in [-0.39, 0.29) is 18.4 Å². The topological polar surface area (TPSA) is 163 Å². The number of nitriles is 2. The molecule has 4 heterocycles. The molecule has 0 spiro atoms. The van der Waals surface area contributed by atoms with E-state index in [9.17, 15) is 25.2 Å². The van der Waals surface area contributed by atoms with Gasteiger partial charge < -0.3 is 33.5 Å². The average molecular weight is 885 g/mol. The highest BCUT2D eigenvalue weighted by molar-refractivity contribution is 5.89. The van der Waals surface area contributed by atoms with Gasteiger partial charge in [-0.3, -0.25) is 9.59 Å². The van der Waals surface area contributed by atoms with Crippen molar-refractivity contribution in [2.24, 2.45) is 5.92 Å². The number of hydrogen-bond acceptors (Lipinski definition) is 9. The fraction of sp³-hybridized carbons (Fsp3) is 0.358. The molecule has 338 valence electrons. The molecule has 0 bridgehead atoms. The van der Waals surface area contributed by atoms with Crippen LogP contribution in [0, 0.1) is 28.6 Å². The number of likely N-dealkylation sites (tertiary alicyclic amines) is 2. The van der Waals surface area contributed by atoms with E-state index in [4.69, 9.17) is 9.47 Å². The van der Waals surface area contributed by atoms with Gasteiger partial charge in [-0.1, -0.05) is 62.1 Å². The summed E-state index contributed by atoms with van der Waals surface area (Å²) in [4.78, 5) is 38.5. The van der Waals surface area contributed by atoms with E-state index >= 15 is 0 Å². The number of nitrogens with zero attached hydrogens (tertiary/aromatic N) is 8. The Morgan fingerprint density at radius 1 is 0.667 bits per heavy atom. The van der Waals surface area contributed by atoms with Crippen molar-refractivity contribution >= 4 is 11.8 Å². The number of hydrogen-bond donors (Lipinski definition) is 1. The molecule has 2 aliphatic heterocycles. The van der Waals surface area contributed by atoms with Crippen molar-refractivity contribution in [2.45, 2.75) is 81.7 Å². The molecule has 2 unspecified atom stereocenters. The van der Waals surface area contributed by atoms with Crippen LogP contribution in [0.15, 0.2) is 122 Å². The summed E-state index contributed by atoms with van der Waals surface area (Å²) >= 11 is 0. The number of amides is 2. The van der Waals surface area contributed by atoms with Crippen LogP contribution in [-0.4, -0.2) is 79.6 Å². The van der Waals surface area contributed by atoms with Crippen molar-refractivity contribution in [3.05, 3.63) is 156 Å². The number of carbonyl (C=O) groups excluding carboxylic acids is 2. The van der Waals surface area contributed by atoms with Gasteiger partial charge in [0.1, 0.15) is 35.1 Å². The molecule has 9 rings (SSSR count). The highest BCUT2D eigenvalue weighted by atomic mass is 16.5. The maximum absolute atomic E-state index is 13.6. The number of likely N-dealkylation sites (N-methyl/N-ethyl adjacent to an activating group) is 2. The fourth-order valence-electron chi connectivity index (χ4n) is 9.43. The summed E-state index contributed by atoms with van der Waals surface area (Å²) in [6.07, 6.45) is 19.4. The number of aliphatic hydroxyl groups excluding tert-OH is 1. The lowest BCUT2D eigenvalue weighted by Crippen LogP contribution is -2.46. The Morgan fingerprint density at radius 2 is 1.15 bits per heavy atom. The zero-order chi connectivity index (χ0) is 46.1.